The van der Waals surface area contributed by atoms with E-state index in [1.165, 1.54) is 24.3 Å². The molecule has 0 aliphatic heterocycles. The van der Waals surface area contributed by atoms with Crippen LogP contribution < -0.4 is 4.74 Å². The van der Waals surface area contributed by atoms with Crippen molar-refractivity contribution in [3.8, 4) is 17.6 Å². The molecule has 0 aliphatic carbocycles. The Hall–Kier alpha value is -2.03. The summed E-state index contributed by atoms with van der Waals surface area (Å²) >= 11 is 0. The van der Waals surface area contributed by atoms with Gasteiger partial charge in [-0.25, -0.2) is 8.42 Å². The summed E-state index contributed by atoms with van der Waals surface area (Å²) < 4.78 is 27.6. The van der Waals surface area contributed by atoms with Gasteiger partial charge in [-0.3, -0.25) is 0 Å². The maximum Gasteiger partial charge on any atom is 0.261 e. The predicted octanol–water partition coefficient (Wildman–Crippen LogP) is 3.28. The van der Waals surface area contributed by atoms with Crippen molar-refractivity contribution in [1.82, 2.24) is 0 Å². The second kappa shape index (κ2) is 5.31. The van der Waals surface area contributed by atoms with E-state index >= 15 is 0 Å². The topological polar surface area (TPSA) is 67.2 Å². The monoisotopic (exact) mass is 293 g/mol. The molecule has 0 aromatic heterocycles. The van der Waals surface area contributed by atoms with Gasteiger partial charge >= 0.3 is 0 Å². The van der Waals surface area contributed by atoms with E-state index in [-0.39, 0.29) is 4.90 Å². The normalized spacial score (nSPS) is 10.7. The first-order valence-corrected chi connectivity index (χ1v) is 7.53. The van der Waals surface area contributed by atoms with Crippen molar-refractivity contribution in [3.63, 3.8) is 0 Å². The van der Waals surface area contributed by atoms with Crippen molar-refractivity contribution in [2.45, 2.75) is 4.90 Å². The molecule has 6 heteroatoms. The minimum absolute atomic E-state index is 0.00675. The van der Waals surface area contributed by atoms with Crippen LogP contribution in [0, 0.1) is 11.3 Å². The molecule has 0 fully saturated rings. The molecule has 96 valence electrons. The van der Waals surface area contributed by atoms with Crippen molar-refractivity contribution in [1.29, 1.82) is 5.26 Å². The number of nitrogens with zero attached hydrogens (tertiary/aromatic N) is 1. The Morgan fingerprint density at radius 2 is 1.74 bits per heavy atom. The third-order valence-electron chi connectivity index (χ3n) is 2.30. The highest BCUT2D eigenvalue weighted by Gasteiger charge is 2.09. The lowest BCUT2D eigenvalue weighted by Crippen LogP contribution is -1.90. The third-order valence-corrected chi connectivity index (χ3v) is 3.67. The zero-order valence-corrected chi connectivity index (χ0v) is 11.1. The summed E-state index contributed by atoms with van der Waals surface area (Å²) in [6.07, 6.45) is 0. The van der Waals surface area contributed by atoms with Crippen LogP contribution in [0.15, 0.2) is 53.4 Å². The average Bonchev–Trinajstić information content (AvgIpc) is 2.38. The first-order chi connectivity index (χ1) is 8.99. The molecule has 2 aromatic rings. The highest BCUT2D eigenvalue weighted by molar-refractivity contribution is 8.13. The lowest BCUT2D eigenvalue weighted by Gasteiger charge is -2.06. The number of hydrogen-bond donors (Lipinski definition) is 0. The zero-order chi connectivity index (χ0) is 13.9. The van der Waals surface area contributed by atoms with Gasteiger partial charge < -0.3 is 4.74 Å². The molecule has 0 spiro atoms. The van der Waals surface area contributed by atoms with Crippen LogP contribution in [-0.4, -0.2) is 8.42 Å². The Labute approximate surface area is 115 Å². The zero-order valence-electron chi connectivity index (χ0n) is 9.58. The van der Waals surface area contributed by atoms with Crippen molar-refractivity contribution < 1.29 is 13.2 Å². The molecular formula is C13H8ClNO3S. The van der Waals surface area contributed by atoms with Crippen molar-refractivity contribution >= 4 is 19.7 Å². The van der Waals surface area contributed by atoms with Crippen LogP contribution in [0.2, 0.25) is 0 Å². The van der Waals surface area contributed by atoms with E-state index in [0.29, 0.717) is 17.1 Å². The summed E-state index contributed by atoms with van der Waals surface area (Å²) in [6.45, 7) is 0. The summed E-state index contributed by atoms with van der Waals surface area (Å²) in [4.78, 5) is 0.00675. The molecule has 4 nitrogen and oxygen atoms in total. The van der Waals surface area contributed by atoms with Gasteiger partial charge in [-0.1, -0.05) is 6.07 Å². The predicted molar refractivity (Wildman–Crippen MR) is 70.7 cm³/mol. The number of benzene rings is 2. The SMILES string of the molecule is N#Cc1cccc(Oc2ccc(S(=O)(=O)Cl)cc2)c1. The maximum atomic E-state index is 11.1. The molecule has 19 heavy (non-hydrogen) atoms. The van der Waals surface area contributed by atoms with Gasteiger partial charge in [0.25, 0.3) is 9.05 Å². The van der Waals surface area contributed by atoms with Crippen LogP contribution in [0.25, 0.3) is 0 Å². The van der Waals surface area contributed by atoms with Crippen LogP contribution in [0.5, 0.6) is 11.5 Å². The summed E-state index contributed by atoms with van der Waals surface area (Å²) in [5, 5.41) is 8.77. The largest absolute Gasteiger partial charge is 0.457 e. The van der Waals surface area contributed by atoms with Gasteiger partial charge in [-0.2, -0.15) is 5.26 Å². The van der Waals surface area contributed by atoms with Crippen molar-refractivity contribution in [2.24, 2.45) is 0 Å². The average molecular weight is 294 g/mol. The Kier molecular flexibility index (Phi) is 3.74. The van der Waals surface area contributed by atoms with Gasteiger partial charge in [-0.05, 0) is 42.5 Å². The Morgan fingerprint density at radius 3 is 2.32 bits per heavy atom. The number of rotatable bonds is 3. The van der Waals surface area contributed by atoms with E-state index in [9.17, 15) is 8.42 Å². The summed E-state index contributed by atoms with van der Waals surface area (Å²) in [7, 11) is 1.48. The Bertz CT molecular complexity index is 733. The van der Waals surface area contributed by atoms with Gasteiger partial charge in [0.1, 0.15) is 11.5 Å². The molecule has 0 atom stereocenters. The first-order valence-electron chi connectivity index (χ1n) is 5.22. The molecule has 0 saturated carbocycles. The smallest absolute Gasteiger partial charge is 0.261 e. The molecule has 0 bridgehead atoms. The minimum atomic E-state index is -3.73. The molecule has 2 aromatic carbocycles. The van der Waals surface area contributed by atoms with Crippen LogP contribution in [0.3, 0.4) is 0 Å². The lowest BCUT2D eigenvalue weighted by atomic mass is 10.2. The molecule has 0 amide bonds. The number of ether oxygens (including phenoxy) is 1. The van der Waals surface area contributed by atoms with E-state index in [1.807, 2.05) is 6.07 Å². The molecular weight excluding hydrogens is 286 g/mol. The Morgan fingerprint density at radius 1 is 1.05 bits per heavy atom. The molecule has 2 rings (SSSR count). The fourth-order valence-corrected chi connectivity index (χ4v) is 2.21. The highest BCUT2D eigenvalue weighted by Crippen LogP contribution is 2.24. The third kappa shape index (κ3) is 3.47. The summed E-state index contributed by atoms with van der Waals surface area (Å²) in [5.74, 6) is 0.958. The van der Waals surface area contributed by atoms with Gasteiger partial charge in [0.15, 0.2) is 0 Å². The molecule has 0 heterocycles. The molecule has 0 unspecified atom stereocenters. The molecule has 0 radical (unpaired) electrons. The summed E-state index contributed by atoms with van der Waals surface area (Å²) in [5.41, 5.74) is 0.484. The molecule has 0 N–H and O–H groups in total. The Balaban J connectivity index is 2.22. The van der Waals surface area contributed by atoms with E-state index in [1.54, 1.807) is 24.3 Å². The van der Waals surface area contributed by atoms with Gasteiger partial charge in [0.05, 0.1) is 16.5 Å². The maximum absolute atomic E-state index is 11.1. The van der Waals surface area contributed by atoms with E-state index in [2.05, 4.69) is 0 Å². The number of hydrogen-bond acceptors (Lipinski definition) is 4. The van der Waals surface area contributed by atoms with Crippen LogP contribution in [-0.2, 0) is 9.05 Å². The first kappa shape index (κ1) is 13.4. The fourth-order valence-electron chi connectivity index (χ4n) is 1.44. The van der Waals surface area contributed by atoms with Crippen LogP contribution in [0.1, 0.15) is 5.56 Å². The van der Waals surface area contributed by atoms with Gasteiger partial charge in [-0.15, -0.1) is 0 Å². The van der Waals surface area contributed by atoms with E-state index in [0.717, 1.165) is 0 Å². The second-order valence-electron chi connectivity index (χ2n) is 3.65. The fraction of sp³-hybridized carbons (Fsp3) is 0. The quantitative estimate of drug-likeness (QED) is 0.815. The van der Waals surface area contributed by atoms with E-state index in [4.69, 9.17) is 20.7 Å². The number of halogens is 1. The highest BCUT2D eigenvalue weighted by atomic mass is 35.7. The second-order valence-corrected chi connectivity index (χ2v) is 6.22. The van der Waals surface area contributed by atoms with E-state index < -0.39 is 9.05 Å². The van der Waals surface area contributed by atoms with Gasteiger partial charge in [0.2, 0.25) is 0 Å². The van der Waals surface area contributed by atoms with Crippen molar-refractivity contribution in [3.05, 3.63) is 54.1 Å². The minimum Gasteiger partial charge on any atom is -0.457 e. The molecule has 0 aliphatic rings. The van der Waals surface area contributed by atoms with Crippen LogP contribution >= 0.6 is 10.7 Å². The standard InChI is InChI=1S/C13H8ClNO3S/c14-19(16,17)13-6-4-11(5-7-13)18-12-3-1-2-10(8-12)9-15/h1-8H. The number of nitriles is 1. The van der Waals surface area contributed by atoms with Gasteiger partial charge in [0, 0.05) is 10.7 Å². The van der Waals surface area contributed by atoms with Crippen LogP contribution in [0.4, 0.5) is 0 Å². The molecule has 0 saturated heterocycles. The lowest BCUT2D eigenvalue weighted by molar-refractivity contribution is 0.482. The summed E-state index contributed by atoms with van der Waals surface area (Å²) in [6, 6.07) is 14.4. The van der Waals surface area contributed by atoms with Crippen molar-refractivity contribution in [2.75, 3.05) is 0 Å².